The molecule has 0 saturated heterocycles. The van der Waals surface area contributed by atoms with Crippen molar-refractivity contribution in [1.29, 1.82) is 0 Å². The van der Waals surface area contributed by atoms with Crippen molar-refractivity contribution in [3.05, 3.63) is 151 Å². The first-order valence-electron chi connectivity index (χ1n) is 14.7. The quantitative estimate of drug-likeness (QED) is 0.198. The second-order valence-corrected chi connectivity index (χ2v) is 15.8. The van der Waals surface area contributed by atoms with E-state index < -0.39 is 8.07 Å². The zero-order valence-electron chi connectivity index (χ0n) is 23.6. The van der Waals surface area contributed by atoms with Crippen LogP contribution in [0.5, 0.6) is 11.5 Å². The summed E-state index contributed by atoms with van der Waals surface area (Å²) >= 11 is 0. The summed E-state index contributed by atoms with van der Waals surface area (Å²) in [6, 6.07) is 51.5. The van der Waals surface area contributed by atoms with Crippen LogP contribution in [0.15, 0.2) is 140 Å². The van der Waals surface area contributed by atoms with Gasteiger partial charge in [-0.05, 0) is 79.4 Å². The van der Waals surface area contributed by atoms with Crippen LogP contribution in [0.4, 0.5) is 17.1 Å². The number of ether oxygens (including phenoxy) is 1. The molecular formula is C39H29NOSi. The van der Waals surface area contributed by atoms with E-state index in [1.165, 1.54) is 60.1 Å². The molecular weight excluding hydrogens is 527 g/mol. The summed E-state index contributed by atoms with van der Waals surface area (Å²) < 4.78 is 6.72. The third kappa shape index (κ3) is 2.88. The molecule has 9 rings (SSSR count). The minimum Gasteiger partial charge on any atom is -0.458 e. The fourth-order valence-corrected chi connectivity index (χ4v) is 13.3. The molecule has 0 N–H and O–H groups in total. The molecule has 0 aliphatic carbocycles. The molecule has 3 heteroatoms. The molecule has 0 unspecified atom stereocenters. The van der Waals surface area contributed by atoms with Gasteiger partial charge < -0.3 is 9.64 Å². The summed E-state index contributed by atoms with van der Waals surface area (Å²) in [5.41, 5.74) is 8.92. The van der Waals surface area contributed by atoms with Crippen LogP contribution in [0, 0.1) is 0 Å². The summed E-state index contributed by atoms with van der Waals surface area (Å²) in [5.74, 6) is 1.95. The Bertz CT molecular complexity index is 1980. The minimum absolute atomic E-state index is 0.0980. The van der Waals surface area contributed by atoms with E-state index in [2.05, 4.69) is 158 Å². The highest BCUT2D eigenvalue weighted by Gasteiger charge is 2.53. The lowest BCUT2D eigenvalue weighted by Crippen LogP contribution is -2.74. The third-order valence-electron chi connectivity index (χ3n) is 9.73. The van der Waals surface area contributed by atoms with Crippen LogP contribution < -0.4 is 30.4 Å². The van der Waals surface area contributed by atoms with Gasteiger partial charge in [-0.2, -0.15) is 0 Å². The first-order valence-corrected chi connectivity index (χ1v) is 16.7. The predicted octanol–water partition coefficient (Wildman–Crippen LogP) is 7.26. The van der Waals surface area contributed by atoms with Gasteiger partial charge >= 0.3 is 0 Å². The Morgan fingerprint density at radius 2 is 1.00 bits per heavy atom. The molecule has 0 amide bonds. The second-order valence-electron chi connectivity index (χ2n) is 12.1. The molecule has 42 heavy (non-hydrogen) atoms. The molecule has 0 saturated carbocycles. The lowest BCUT2D eigenvalue weighted by molar-refractivity contribution is 0.487. The smallest absolute Gasteiger partial charge is 0.189 e. The monoisotopic (exact) mass is 555 g/mol. The molecule has 6 aromatic rings. The number of anilines is 3. The van der Waals surface area contributed by atoms with Crippen molar-refractivity contribution in [1.82, 2.24) is 0 Å². The second kappa shape index (κ2) is 8.34. The van der Waals surface area contributed by atoms with Gasteiger partial charge in [0.1, 0.15) is 11.5 Å². The molecule has 0 fully saturated rings. The SMILES string of the molecule is CC1(C)c2ccccc2N(c2ccc3c(c2)[Si]2(c4ccccc4O3)c3ccccc3-c3ccccc32)c2ccccc21. The third-order valence-corrected chi connectivity index (χ3v) is 14.6. The molecule has 3 aliphatic rings. The lowest BCUT2D eigenvalue weighted by atomic mass is 9.73. The topological polar surface area (TPSA) is 12.5 Å². The number of rotatable bonds is 1. The van der Waals surface area contributed by atoms with Crippen molar-refractivity contribution in [2.45, 2.75) is 19.3 Å². The number of benzene rings is 6. The highest BCUT2D eigenvalue weighted by atomic mass is 28.3. The maximum Gasteiger partial charge on any atom is 0.189 e. The zero-order valence-corrected chi connectivity index (χ0v) is 24.6. The number of hydrogen-bond acceptors (Lipinski definition) is 2. The van der Waals surface area contributed by atoms with Crippen molar-refractivity contribution in [3.8, 4) is 22.6 Å². The van der Waals surface area contributed by atoms with E-state index in [9.17, 15) is 0 Å². The molecule has 3 heterocycles. The highest BCUT2D eigenvalue weighted by molar-refractivity contribution is 7.23. The van der Waals surface area contributed by atoms with Crippen molar-refractivity contribution < 1.29 is 4.74 Å². The van der Waals surface area contributed by atoms with E-state index in [4.69, 9.17) is 4.74 Å². The van der Waals surface area contributed by atoms with Crippen LogP contribution >= 0.6 is 0 Å². The fourth-order valence-electron chi connectivity index (χ4n) is 7.93. The van der Waals surface area contributed by atoms with Crippen molar-refractivity contribution in [2.75, 3.05) is 4.90 Å². The molecule has 6 aromatic carbocycles. The van der Waals surface area contributed by atoms with E-state index in [0.29, 0.717) is 0 Å². The Morgan fingerprint density at radius 1 is 0.500 bits per heavy atom. The molecule has 3 aliphatic heterocycles. The summed E-state index contributed by atoms with van der Waals surface area (Å²) in [7, 11) is -2.66. The molecule has 0 radical (unpaired) electrons. The molecule has 2 nitrogen and oxygen atoms in total. The van der Waals surface area contributed by atoms with E-state index in [1.807, 2.05) is 0 Å². The number of nitrogens with zero attached hydrogens (tertiary/aromatic N) is 1. The Kier molecular flexibility index (Phi) is 4.73. The van der Waals surface area contributed by atoms with E-state index in [0.717, 1.165) is 11.5 Å². The average Bonchev–Trinajstić information content (AvgIpc) is 3.33. The van der Waals surface area contributed by atoms with Gasteiger partial charge in [0.2, 0.25) is 0 Å². The Hall–Kier alpha value is -4.86. The zero-order chi connectivity index (χ0) is 28.1. The first kappa shape index (κ1) is 23.8. The average molecular weight is 556 g/mol. The Balaban J connectivity index is 1.37. The lowest BCUT2D eigenvalue weighted by Gasteiger charge is -2.43. The normalized spacial score (nSPS) is 15.9. The number of hydrogen-bond donors (Lipinski definition) is 0. The highest BCUT2D eigenvalue weighted by Crippen LogP contribution is 2.52. The van der Waals surface area contributed by atoms with Gasteiger partial charge in [0.05, 0.1) is 11.4 Å². The van der Waals surface area contributed by atoms with Crippen LogP contribution in [0.3, 0.4) is 0 Å². The fraction of sp³-hybridized carbons (Fsp3) is 0.0769. The van der Waals surface area contributed by atoms with Gasteiger partial charge in [-0.15, -0.1) is 0 Å². The van der Waals surface area contributed by atoms with Crippen molar-refractivity contribution in [3.63, 3.8) is 0 Å². The maximum atomic E-state index is 6.72. The van der Waals surface area contributed by atoms with Crippen LogP contribution in [-0.2, 0) is 5.41 Å². The summed E-state index contributed by atoms with van der Waals surface area (Å²) in [6.45, 7) is 4.68. The number of fused-ring (bicyclic) bond motifs is 11. The largest absolute Gasteiger partial charge is 0.458 e. The molecule has 200 valence electrons. The van der Waals surface area contributed by atoms with E-state index >= 15 is 0 Å². The first-order chi connectivity index (χ1) is 20.6. The van der Waals surface area contributed by atoms with Crippen LogP contribution in [0.1, 0.15) is 25.0 Å². The van der Waals surface area contributed by atoms with Crippen LogP contribution in [-0.4, -0.2) is 8.07 Å². The Labute approximate surface area is 247 Å². The van der Waals surface area contributed by atoms with Crippen LogP contribution in [0.2, 0.25) is 0 Å². The van der Waals surface area contributed by atoms with E-state index in [1.54, 1.807) is 0 Å². The van der Waals surface area contributed by atoms with Gasteiger partial charge in [0.25, 0.3) is 0 Å². The van der Waals surface area contributed by atoms with Gasteiger partial charge in [0, 0.05) is 11.1 Å². The van der Waals surface area contributed by atoms with Crippen molar-refractivity contribution in [2.24, 2.45) is 0 Å². The standard InChI is InChI=1S/C39H29NOSi/c1-39(2)29-15-5-7-17-31(29)40(32-18-8-6-16-30(32)39)26-23-24-34-38(25-26)42(37-22-12-9-19-33(37)41-34)35-20-10-3-13-27(35)28-14-4-11-21-36(28)42/h3-25H,1-2H3. The Morgan fingerprint density at radius 3 is 1.64 bits per heavy atom. The van der Waals surface area contributed by atoms with Gasteiger partial charge in [0.15, 0.2) is 8.07 Å². The van der Waals surface area contributed by atoms with Crippen LogP contribution in [0.25, 0.3) is 11.1 Å². The predicted molar refractivity (Wildman–Crippen MR) is 176 cm³/mol. The molecule has 1 spiro atoms. The van der Waals surface area contributed by atoms with Gasteiger partial charge in [-0.1, -0.05) is 117 Å². The molecule has 0 atom stereocenters. The summed E-state index contributed by atoms with van der Waals surface area (Å²) in [4.78, 5) is 2.46. The minimum atomic E-state index is -2.66. The summed E-state index contributed by atoms with van der Waals surface area (Å²) in [6.07, 6.45) is 0. The molecule has 0 bridgehead atoms. The van der Waals surface area contributed by atoms with Gasteiger partial charge in [-0.25, -0.2) is 0 Å². The maximum absolute atomic E-state index is 6.72. The number of para-hydroxylation sites is 3. The molecule has 0 aromatic heterocycles. The summed E-state index contributed by atoms with van der Waals surface area (Å²) in [5, 5.41) is 5.53. The van der Waals surface area contributed by atoms with Gasteiger partial charge in [-0.3, -0.25) is 0 Å². The van der Waals surface area contributed by atoms with E-state index in [-0.39, 0.29) is 5.41 Å². The van der Waals surface area contributed by atoms with Crippen molar-refractivity contribution >= 4 is 45.9 Å².